The van der Waals surface area contributed by atoms with Crippen LogP contribution in [0.3, 0.4) is 0 Å². The normalized spacial score (nSPS) is 18.8. The molecular weight excluding hydrogens is 282 g/mol. The third-order valence-electron chi connectivity index (χ3n) is 4.12. The number of carbonyl (C=O) groups is 1. The van der Waals surface area contributed by atoms with Crippen LogP contribution in [0.15, 0.2) is 30.5 Å². The third kappa shape index (κ3) is 2.52. The van der Waals surface area contributed by atoms with Gasteiger partial charge in [-0.2, -0.15) is 5.10 Å². The summed E-state index contributed by atoms with van der Waals surface area (Å²) in [5.41, 5.74) is 2.11. The summed E-state index contributed by atoms with van der Waals surface area (Å²) >= 11 is 0. The zero-order valence-corrected chi connectivity index (χ0v) is 12.1. The van der Waals surface area contributed by atoms with Crippen molar-refractivity contribution in [3.63, 3.8) is 0 Å². The second kappa shape index (κ2) is 5.36. The largest absolute Gasteiger partial charge is 0.454 e. The topological polar surface area (TPSA) is 65.4 Å². The number of amides is 1. The summed E-state index contributed by atoms with van der Waals surface area (Å²) < 4.78 is 12.6. The highest BCUT2D eigenvalue weighted by atomic mass is 16.7. The lowest BCUT2D eigenvalue weighted by molar-refractivity contribution is -0.121. The number of fused-ring (bicyclic) bond motifs is 2. The highest BCUT2D eigenvalue weighted by Crippen LogP contribution is 2.32. The molecule has 0 spiro atoms. The number of aromatic nitrogens is 2. The van der Waals surface area contributed by atoms with Crippen molar-refractivity contribution in [3.05, 3.63) is 41.7 Å². The van der Waals surface area contributed by atoms with Gasteiger partial charge in [0.15, 0.2) is 11.5 Å². The monoisotopic (exact) mass is 299 g/mol. The molecule has 1 atom stereocenters. The predicted octanol–water partition coefficient (Wildman–Crippen LogP) is 1.29. The van der Waals surface area contributed by atoms with Crippen molar-refractivity contribution in [2.24, 2.45) is 0 Å². The van der Waals surface area contributed by atoms with E-state index in [1.54, 1.807) is 0 Å². The van der Waals surface area contributed by atoms with Crippen molar-refractivity contribution >= 4 is 5.91 Å². The Morgan fingerprint density at radius 2 is 2.23 bits per heavy atom. The van der Waals surface area contributed by atoms with Gasteiger partial charge in [-0.3, -0.25) is 9.48 Å². The molecule has 6 heteroatoms. The molecule has 0 unspecified atom stereocenters. The highest BCUT2D eigenvalue weighted by Gasteiger charge is 2.21. The summed E-state index contributed by atoms with van der Waals surface area (Å²) in [6.07, 6.45) is 3.92. The molecular formula is C16H17N3O3. The molecule has 1 aromatic heterocycles. The SMILES string of the molecule is O=C(Cc1ccc2c(c1)OCO2)N[C@H]1CCn2nccc2C1. The van der Waals surface area contributed by atoms with Gasteiger partial charge in [-0.1, -0.05) is 6.07 Å². The molecule has 22 heavy (non-hydrogen) atoms. The fraction of sp³-hybridized carbons (Fsp3) is 0.375. The zero-order valence-electron chi connectivity index (χ0n) is 12.1. The Kier molecular flexibility index (Phi) is 3.21. The first-order chi connectivity index (χ1) is 10.8. The number of hydrogen-bond donors (Lipinski definition) is 1. The van der Waals surface area contributed by atoms with Crippen LogP contribution in [0.4, 0.5) is 0 Å². The number of nitrogens with zero attached hydrogens (tertiary/aromatic N) is 2. The van der Waals surface area contributed by atoms with Crippen LogP contribution < -0.4 is 14.8 Å². The minimum absolute atomic E-state index is 0.0387. The van der Waals surface area contributed by atoms with Gasteiger partial charge in [0.2, 0.25) is 12.7 Å². The number of aryl methyl sites for hydroxylation is 1. The lowest BCUT2D eigenvalue weighted by atomic mass is 10.0. The number of ether oxygens (including phenoxy) is 2. The highest BCUT2D eigenvalue weighted by molar-refractivity contribution is 5.79. The van der Waals surface area contributed by atoms with E-state index in [2.05, 4.69) is 10.4 Å². The summed E-state index contributed by atoms with van der Waals surface area (Å²) in [5.74, 6) is 1.49. The summed E-state index contributed by atoms with van der Waals surface area (Å²) in [7, 11) is 0. The number of benzene rings is 1. The molecule has 0 aliphatic carbocycles. The van der Waals surface area contributed by atoms with Crippen LogP contribution in [0.2, 0.25) is 0 Å². The minimum Gasteiger partial charge on any atom is -0.454 e. The van der Waals surface area contributed by atoms with Crippen molar-refractivity contribution in [1.29, 1.82) is 0 Å². The van der Waals surface area contributed by atoms with Gasteiger partial charge in [0.25, 0.3) is 0 Å². The summed E-state index contributed by atoms with van der Waals surface area (Å²) in [6, 6.07) is 7.83. The maximum Gasteiger partial charge on any atom is 0.231 e. The molecule has 0 radical (unpaired) electrons. The van der Waals surface area contributed by atoms with E-state index < -0.39 is 0 Å². The molecule has 6 nitrogen and oxygen atoms in total. The van der Waals surface area contributed by atoms with Crippen LogP contribution in [-0.2, 0) is 24.2 Å². The average molecular weight is 299 g/mol. The molecule has 114 valence electrons. The van der Waals surface area contributed by atoms with Crippen LogP contribution in [-0.4, -0.2) is 28.5 Å². The van der Waals surface area contributed by atoms with E-state index in [9.17, 15) is 4.79 Å². The van der Waals surface area contributed by atoms with Gasteiger partial charge in [0, 0.05) is 30.9 Å². The van der Waals surface area contributed by atoms with Gasteiger partial charge in [-0.05, 0) is 30.2 Å². The van der Waals surface area contributed by atoms with E-state index in [0.717, 1.165) is 30.7 Å². The van der Waals surface area contributed by atoms with E-state index >= 15 is 0 Å². The van der Waals surface area contributed by atoms with Crippen molar-refractivity contribution < 1.29 is 14.3 Å². The molecule has 0 saturated carbocycles. The van der Waals surface area contributed by atoms with Gasteiger partial charge in [-0.15, -0.1) is 0 Å². The maximum absolute atomic E-state index is 12.2. The Bertz CT molecular complexity index is 710. The number of nitrogens with one attached hydrogen (secondary N) is 1. The quantitative estimate of drug-likeness (QED) is 0.927. The molecule has 0 fully saturated rings. The molecule has 0 saturated heterocycles. The second-order valence-corrected chi connectivity index (χ2v) is 5.67. The summed E-state index contributed by atoms with van der Waals surface area (Å²) in [6.45, 7) is 1.11. The van der Waals surface area contributed by atoms with E-state index in [0.29, 0.717) is 12.2 Å². The molecule has 3 heterocycles. The van der Waals surface area contributed by atoms with Crippen LogP contribution in [0, 0.1) is 0 Å². The smallest absolute Gasteiger partial charge is 0.231 e. The van der Waals surface area contributed by atoms with Crippen LogP contribution >= 0.6 is 0 Å². The molecule has 1 aromatic carbocycles. The van der Waals surface area contributed by atoms with Crippen LogP contribution in [0.5, 0.6) is 11.5 Å². The van der Waals surface area contributed by atoms with Crippen molar-refractivity contribution in [2.45, 2.75) is 31.8 Å². The van der Waals surface area contributed by atoms with Crippen molar-refractivity contribution in [3.8, 4) is 11.5 Å². The second-order valence-electron chi connectivity index (χ2n) is 5.67. The Hall–Kier alpha value is -2.50. The van der Waals surface area contributed by atoms with Gasteiger partial charge in [0.1, 0.15) is 0 Å². The number of rotatable bonds is 3. The molecule has 1 N–H and O–H groups in total. The van der Waals surface area contributed by atoms with Crippen LogP contribution in [0.25, 0.3) is 0 Å². The van der Waals surface area contributed by atoms with E-state index in [-0.39, 0.29) is 18.7 Å². The number of carbonyl (C=O) groups excluding carboxylic acids is 1. The summed E-state index contributed by atoms with van der Waals surface area (Å²) in [4.78, 5) is 12.2. The van der Waals surface area contributed by atoms with Crippen LogP contribution in [0.1, 0.15) is 17.7 Å². The van der Waals surface area contributed by atoms with E-state index in [1.807, 2.05) is 35.1 Å². The zero-order chi connectivity index (χ0) is 14.9. The van der Waals surface area contributed by atoms with Crippen molar-refractivity contribution in [2.75, 3.05) is 6.79 Å². The lowest BCUT2D eigenvalue weighted by Gasteiger charge is -2.24. The number of hydrogen-bond acceptors (Lipinski definition) is 4. The Morgan fingerprint density at radius 1 is 1.32 bits per heavy atom. The molecule has 2 aromatic rings. The van der Waals surface area contributed by atoms with E-state index in [4.69, 9.17) is 9.47 Å². The molecule has 2 aliphatic heterocycles. The molecule has 1 amide bonds. The van der Waals surface area contributed by atoms with Gasteiger partial charge in [-0.25, -0.2) is 0 Å². The molecule has 4 rings (SSSR count). The first kappa shape index (κ1) is 13.2. The maximum atomic E-state index is 12.2. The fourth-order valence-electron chi connectivity index (χ4n) is 3.01. The van der Waals surface area contributed by atoms with Gasteiger partial charge >= 0.3 is 0 Å². The molecule has 2 aliphatic rings. The standard InChI is InChI=1S/C16H17N3O3/c20-16(8-11-1-2-14-15(7-11)22-10-21-14)18-12-4-6-19-13(9-12)3-5-17-19/h1-3,5,7,12H,4,6,8-10H2,(H,18,20)/t12-/m0/s1. The Balaban J connectivity index is 1.37. The Morgan fingerprint density at radius 3 is 3.18 bits per heavy atom. The molecule has 0 bridgehead atoms. The Labute approximate surface area is 128 Å². The first-order valence-electron chi connectivity index (χ1n) is 7.46. The minimum atomic E-state index is 0.0387. The first-order valence-corrected chi connectivity index (χ1v) is 7.46. The van der Waals surface area contributed by atoms with Gasteiger partial charge in [0.05, 0.1) is 6.42 Å². The predicted molar refractivity (Wildman–Crippen MR) is 78.7 cm³/mol. The lowest BCUT2D eigenvalue weighted by Crippen LogP contribution is -2.40. The third-order valence-corrected chi connectivity index (χ3v) is 4.12. The van der Waals surface area contributed by atoms with Gasteiger partial charge < -0.3 is 14.8 Å². The summed E-state index contributed by atoms with van der Waals surface area (Å²) in [5, 5.41) is 7.36. The average Bonchev–Trinajstić information content (AvgIpc) is 3.14. The fourth-order valence-corrected chi connectivity index (χ4v) is 3.01. The van der Waals surface area contributed by atoms with E-state index in [1.165, 1.54) is 5.69 Å². The van der Waals surface area contributed by atoms with Crippen molar-refractivity contribution in [1.82, 2.24) is 15.1 Å².